The zero-order valence-corrected chi connectivity index (χ0v) is 15.8. The maximum Gasteiger partial charge on any atom is 0.240 e. The van der Waals surface area contributed by atoms with Crippen molar-refractivity contribution in [2.24, 2.45) is 0 Å². The number of hydrogen-bond donors (Lipinski definition) is 1. The first-order valence-electron chi connectivity index (χ1n) is 8.08. The molecule has 0 aliphatic carbocycles. The van der Waals surface area contributed by atoms with E-state index in [9.17, 15) is 9.59 Å². The summed E-state index contributed by atoms with van der Waals surface area (Å²) >= 11 is 3.41. The van der Waals surface area contributed by atoms with Gasteiger partial charge in [0.05, 0.1) is 13.2 Å². The summed E-state index contributed by atoms with van der Waals surface area (Å²) in [6.07, 6.45) is 0. The smallest absolute Gasteiger partial charge is 0.240 e. The van der Waals surface area contributed by atoms with E-state index < -0.39 is 0 Å². The Morgan fingerprint density at radius 1 is 1.33 bits per heavy atom. The van der Waals surface area contributed by atoms with Crippen LogP contribution < -0.4 is 10.2 Å². The summed E-state index contributed by atoms with van der Waals surface area (Å²) in [5, 5.41) is 2.89. The molecule has 24 heavy (non-hydrogen) atoms. The van der Waals surface area contributed by atoms with Crippen LogP contribution in [-0.4, -0.2) is 62.7 Å². The van der Waals surface area contributed by atoms with E-state index in [0.717, 1.165) is 48.6 Å². The van der Waals surface area contributed by atoms with Crippen molar-refractivity contribution in [1.29, 1.82) is 0 Å². The number of halogens is 1. The summed E-state index contributed by atoms with van der Waals surface area (Å²) in [6, 6.07) is 5.65. The summed E-state index contributed by atoms with van der Waals surface area (Å²) in [5.74, 6) is -0.301. The van der Waals surface area contributed by atoms with Gasteiger partial charge in [0.25, 0.3) is 0 Å². The lowest BCUT2D eigenvalue weighted by molar-refractivity contribution is -0.123. The Bertz CT molecular complexity index is 588. The van der Waals surface area contributed by atoms with Gasteiger partial charge in [0.2, 0.25) is 11.8 Å². The Labute approximate surface area is 151 Å². The molecule has 0 bridgehead atoms. The quantitative estimate of drug-likeness (QED) is 0.790. The molecule has 132 valence electrons. The van der Waals surface area contributed by atoms with Crippen molar-refractivity contribution in [2.45, 2.75) is 13.8 Å². The highest BCUT2D eigenvalue weighted by Gasteiger charge is 2.18. The van der Waals surface area contributed by atoms with Crippen LogP contribution in [0.1, 0.15) is 12.5 Å². The number of nitrogens with zero attached hydrogens (tertiary/aromatic N) is 2. The first-order valence-corrected chi connectivity index (χ1v) is 8.87. The highest BCUT2D eigenvalue weighted by molar-refractivity contribution is 9.10. The summed E-state index contributed by atoms with van der Waals surface area (Å²) < 4.78 is 6.24. The van der Waals surface area contributed by atoms with Gasteiger partial charge in [-0.2, -0.15) is 0 Å². The standard InChI is InChI=1S/C17H24BrN3O3/c1-13-11-15(18)3-4-16(13)21(14(2)22)12-17(23)19-5-6-20-7-9-24-10-8-20/h3-4,11H,5-10,12H2,1-2H3,(H,19,23). The lowest BCUT2D eigenvalue weighted by atomic mass is 10.2. The molecular weight excluding hydrogens is 374 g/mol. The van der Waals surface area contributed by atoms with Crippen molar-refractivity contribution in [3.8, 4) is 0 Å². The predicted octanol–water partition coefficient (Wildman–Crippen LogP) is 1.56. The van der Waals surface area contributed by atoms with Crippen LogP contribution in [0.25, 0.3) is 0 Å². The first kappa shape index (κ1) is 18.9. The molecule has 2 amide bonds. The van der Waals surface area contributed by atoms with Gasteiger partial charge in [-0.1, -0.05) is 15.9 Å². The van der Waals surface area contributed by atoms with Crippen molar-refractivity contribution in [1.82, 2.24) is 10.2 Å². The van der Waals surface area contributed by atoms with Crippen LogP contribution in [0.3, 0.4) is 0 Å². The molecule has 0 spiro atoms. The van der Waals surface area contributed by atoms with Gasteiger partial charge in [-0.3, -0.25) is 14.5 Å². The van der Waals surface area contributed by atoms with Crippen LogP contribution in [-0.2, 0) is 14.3 Å². The third-order valence-electron chi connectivity index (χ3n) is 3.99. The fourth-order valence-electron chi connectivity index (χ4n) is 2.67. The molecule has 0 saturated carbocycles. The molecule has 7 heteroatoms. The molecule has 0 unspecified atom stereocenters. The van der Waals surface area contributed by atoms with Gasteiger partial charge in [-0.05, 0) is 30.7 Å². The van der Waals surface area contributed by atoms with E-state index in [-0.39, 0.29) is 18.4 Å². The SMILES string of the molecule is CC(=O)N(CC(=O)NCCN1CCOCC1)c1ccc(Br)cc1C. The van der Waals surface area contributed by atoms with Gasteiger partial charge in [0, 0.05) is 43.3 Å². The van der Waals surface area contributed by atoms with Crippen molar-refractivity contribution >= 4 is 33.4 Å². The van der Waals surface area contributed by atoms with Gasteiger partial charge < -0.3 is 15.0 Å². The summed E-state index contributed by atoms with van der Waals surface area (Å²) in [7, 11) is 0. The second-order valence-electron chi connectivity index (χ2n) is 5.84. The Morgan fingerprint density at radius 3 is 2.67 bits per heavy atom. The summed E-state index contributed by atoms with van der Waals surface area (Å²) in [4.78, 5) is 27.9. The fraction of sp³-hybridized carbons (Fsp3) is 0.529. The van der Waals surface area contributed by atoms with Crippen molar-refractivity contribution in [2.75, 3.05) is 50.8 Å². The molecule has 0 radical (unpaired) electrons. The van der Waals surface area contributed by atoms with Crippen LogP contribution in [0.4, 0.5) is 5.69 Å². The minimum atomic E-state index is -0.152. The zero-order chi connectivity index (χ0) is 17.5. The molecule has 0 aromatic heterocycles. The number of benzene rings is 1. The average Bonchev–Trinajstić information content (AvgIpc) is 2.54. The monoisotopic (exact) mass is 397 g/mol. The summed E-state index contributed by atoms with van der Waals surface area (Å²) in [6.45, 7) is 8.08. The topological polar surface area (TPSA) is 61.9 Å². The Hall–Kier alpha value is -1.44. The normalized spacial score (nSPS) is 15.1. The van der Waals surface area contributed by atoms with Crippen molar-refractivity contribution < 1.29 is 14.3 Å². The Balaban J connectivity index is 1.87. The molecule has 1 N–H and O–H groups in total. The predicted molar refractivity (Wildman–Crippen MR) is 97.2 cm³/mol. The molecule has 1 aromatic carbocycles. The molecule has 0 atom stereocenters. The van der Waals surface area contributed by atoms with Gasteiger partial charge in [0.1, 0.15) is 6.54 Å². The number of aryl methyl sites for hydroxylation is 1. The van der Waals surface area contributed by atoms with Crippen LogP contribution in [0.2, 0.25) is 0 Å². The minimum Gasteiger partial charge on any atom is -0.379 e. The second kappa shape index (κ2) is 9.15. The van der Waals surface area contributed by atoms with Gasteiger partial charge in [0.15, 0.2) is 0 Å². The second-order valence-corrected chi connectivity index (χ2v) is 6.76. The van der Waals surface area contributed by atoms with E-state index in [1.807, 2.05) is 25.1 Å². The zero-order valence-electron chi connectivity index (χ0n) is 14.2. The highest BCUT2D eigenvalue weighted by atomic mass is 79.9. The lowest BCUT2D eigenvalue weighted by Gasteiger charge is -2.27. The number of carbonyl (C=O) groups excluding carboxylic acids is 2. The number of morpholine rings is 1. The van der Waals surface area contributed by atoms with Crippen molar-refractivity contribution in [3.05, 3.63) is 28.2 Å². The maximum absolute atomic E-state index is 12.2. The van der Waals surface area contributed by atoms with Crippen molar-refractivity contribution in [3.63, 3.8) is 0 Å². The van der Waals surface area contributed by atoms with Gasteiger partial charge >= 0.3 is 0 Å². The molecule has 1 aromatic rings. The number of ether oxygens (including phenoxy) is 1. The molecule has 1 aliphatic rings. The molecule has 6 nitrogen and oxygen atoms in total. The lowest BCUT2D eigenvalue weighted by Crippen LogP contribution is -2.44. The fourth-order valence-corrected chi connectivity index (χ4v) is 3.14. The number of rotatable bonds is 6. The Morgan fingerprint density at radius 2 is 2.04 bits per heavy atom. The number of nitrogens with one attached hydrogen (secondary N) is 1. The van der Waals surface area contributed by atoms with Gasteiger partial charge in [-0.25, -0.2) is 0 Å². The molecule has 1 aliphatic heterocycles. The van der Waals surface area contributed by atoms with Gasteiger partial charge in [-0.15, -0.1) is 0 Å². The van der Waals surface area contributed by atoms with Crippen LogP contribution >= 0.6 is 15.9 Å². The number of carbonyl (C=O) groups is 2. The third-order valence-corrected chi connectivity index (χ3v) is 4.48. The van der Waals surface area contributed by atoms with Crippen LogP contribution in [0.15, 0.2) is 22.7 Å². The molecular formula is C17H24BrN3O3. The number of amides is 2. The molecule has 1 fully saturated rings. The van der Waals surface area contributed by atoms with E-state index >= 15 is 0 Å². The van der Waals surface area contributed by atoms with E-state index in [1.54, 1.807) is 0 Å². The Kier molecular flexibility index (Phi) is 7.20. The number of hydrogen-bond acceptors (Lipinski definition) is 4. The summed E-state index contributed by atoms with van der Waals surface area (Å²) in [5.41, 5.74) is 1.70. The average molecular weight is 398 g/mol. The maximum atomic E-state index is 12.2. The molecule has 1 heterocycles. The largest absolute Gasteiger partial charge is 0.379 e. The third kappa shape index (κ3) is 5.58. The minimum absolute atomic E-state index is 0.0287. The molecule has 2 rings (SSSR count). The first-order chi connectivity index (χ1) is 11.5. The highest BCUT2D eigenvalue weighted by Crippen LogP contribution is 2.23. The van der Waals surface area contributed by atoms with E-state index in [2.05, 4.69) is 26.1 Å². The van der Waals surface area contributed by atoms with Crippen LogP contribution in [0.5, 0.6) is 0 Å². The van der Waals surface area contributed by atoms with E-state index in [1.165, 1.54) is 11.8 Å². The van der Waals surface area contributed by atoms with Crippen LogP contribution in [0, 0.1) is 6.92 Å². The molecule has 1 saturated heterocycles. The van der Waals surface area contributed by atoms with E-state index in [4.69, 9.17) is 4.74 Å². The number of anilines is 1. The van der Waals surface area contributed by atoms with E-state index in [0.29, 0.717) is 6.54 Å².